The van der Waals surface area contributed by atoms with Crippen LogP contribution in [-0.4, -0.2) is 28.0 Å². The van der Waals surface area contributed by atoms with E-state index in [4.69, 9.17) is 0 Å². The summed E-state index contributed by atoms with van der Waals surface area (Å²) in [6, 6.07) is 4.95. The SMILES string of the molecule is CCC(CSC)Nc1nc2ccc(F)cc2[nH]1. The lowest BCUT2D eigenvalue weighted by molar-refractivity contribution is 0.629. The molecule has 5 heteroatoms. The van der Waals surface area contributed by atoms with Crippen molar-refractivity contribution in [3.8, 4) is 0 Å². The Morgan fingerprint density at radius 1 is 1.53 bits per heavy atom. The number of nitrogens with zero attached hydrogens (tertiary/aromatic N) is 1. The molecule has 1 aromatic carbocycles. The largest absolute Gasteiger partial charge is 0.352 e. The second kappa shape index (κ2) is 5.40. The fourth-order valence-corrected chi connectivity index (χ4v) is 2.43. The summed E-state index contributed by atoms with van der Waals surface area (Å²) in [7, 11) is 0. The highest BCUT2D eigenvalue weighted by atomic mass is 32.2. The number of halogens is 1. The number of hydrogen-bond acceptors (Lipinski definition) is 3. The van der Waals surface area contributed by atoms with Crippen LogP contribution in [0, 0.1) is 5.82 Å². The van der Waals surface area contributed by atoms with Crippen LogP contribution in [0.4, 0.5) is 10.3 Å². The molecule has 1 atom stereocenters. The van der Waals surface area contributed by atoms with Gasteiger partial charge in [-0.25, -0.2) is 9.37 Å². The molecule has 0 aliphatic carbocycles. The Labute approximate surface area is 104 Å². The van der Waals surface area contributed by atoms with Crippen molar-refractivity contribution in [3.05, 3.63) is 24.0 Å². The van der Waals surface area contributed by atoms with E-state index in [9.17, 15) is 4.39 Å². The highest BCUT2D eigenvalue weighted by Gasteiger charge is 2.08. The number of rotatable bonds is 5. The second-order valence-corrected chi connectivity index (χ2v) is 4.86. The molecule has 17 heavy (non-hydrogen) atoms. The van der Waals surface area contributed by atoms with Gasteiger partial charge in [-0.2, -0.15) is 11.8 Å². The monoisotopic (exact) mass is 253 g/mol. The van der Waals surface area contributed by atoms with Gasteiger partial charge in [-0.15, -0.1) is 0 Å². The molecule has 2 rings (SSSR count). The third-order valence-corrected chi connectivity index (χ3v) is 3.38. The quantitative estimate of drug-likeness (QED) is 0.859. The second-order valence-electron chi connectivity index (χ2n) is 3.95. The van der Waals surface area contributed by atoms with Gasteiger partial charge in [-0.1, -0.05) is 6.92 Å². The van der Waals surface area contributed by atoms with Crippen LogP contribution in [0.3, 0.4) is 0 Å². The molecule has 0 amide bonds. The molecule has 0 spiro atoms. The molecule has 1 unspecified atom stereocenters. The van der Waals surface area contributed by atoms with Gasteiger partial charge in [0.15, 0.2) is 0 Å². The Bertz CT molecular complexity index is 497. The first kappa shape index (κ1) is 12.2. The first-order valence-corrected chi connectivity index (χ1v) is 7.03. The number of thioether (sulfide) groups is 1. The Morgan fingerprint density at radius 3 is 3.06 bits per heavy atom. The molecule has 0 fully saturated rings. The van der Waals surface area contributed by atoms with Crippen LogP contribution in [0.2, 0.25) is 0 Å². The number of nitrogens with one attached hydrogen (secondary N) is 2. The Kier molecular flexibility index (Phi) is 3.89. The van der Waals surface area contributed by atoms with Gasteiger partial charge < -0.3 is 10.3 Å². The van der Waals surface area contributed by atoms with Gasteiger partial charge in [0.25, 0.3) is 0 Å². The maximum atomic E-state index is 13.0. The van der Waals surface area contributed by atoms with Crippen molar-refractivity contribution in [2.24, 2.45) is 0 Å². The zero-order valence-corrected chi connectivity index (χ0v) is 10.8. The van der Waals surface area contributed by atoms with Crippen LogP contribution in [0.25, 0.3) is 11.0 Å². The lowest BCUT2D eigenvalue weighted by Gasteiger charge is -2.14. The van der Waals surface area contributed by atoms with Crippen molar-refractivity contribution in [3.63, 3.8) is 0 Å². The average Bonchev–Trinajstić information content (AvgIpc) is 2.69. The summed E-state index contributed by atoms with van der Waals surface area (Å²) in [5.74, 6) is 1.50. The van der Waals surface area contributed by atoms with Crippen molar-refractivity contribution in [2.45, 2.75) is 19.4 Å². The minimum absolute atomic E-state index is 0.246. The molecule has 0 aliphatic heterocycles. The van der Waals surface area contributed by atoms with E-state index in [-0.39, 0.29) is 5.82 Å². The topological polar surface area (TPSA) is 40.7 Å². The first-order chi connectivity index (χ1) is 8.22. The van der Waals surface area contributed by atoms with Crippen LogP contribution in [0.5, 0.6) is 0 Å². The summed E-state index contributed by atoms with van der Waals surface area (Å²) < 4.78 is 13.0. The Morgan fingerprint density at radius 2 is 2.35 bits per heavy atom. The summed E-state index contributed by atoms with van der Waals surface area (Å²) in [4.78, 5) is 7.47. The van der Waals surface area contributed by atoms with E-state index in [0.717, 1.165) is 23.2 Å². The van der Waals surface area contributed by atoms with E-state index < -0.39 is 0 Å². The Hall–Kier alpha value is -1.23. The molecular formula is C12H16FN3S. The zero-order valence-electron chi connectivity index (χ0n) is 9.96. The van der Waals surface area contributed by atoms with E-state index in [1.165, 1.54) is 12.1 Å². The zero-order chi connectivity index (χ0) is 12.3. The Balaban J connectivity index is 2.18. The normalized spacial score (nSPS) is 12.9. The summed E-state index contributed by atoms with van der Waals surface area (Å²) in [5.41, 5.74) is 1.51. The number of aromatic nitrogens is 2. The molecule has 2 N–H and O–H groups in total. The lowest BCUT2D eigenvalue weighted by Crippen LogP contribution is -2.21. The lowest BCUT2D eigenvalue weighted by atomic mass is 10.3. The van der Waals surface area contributed by atoms with E-state index >= 15 is 0 Å². The maximum Gasteiger partial charge on any atom is 0.201 e. The molecule has 0 saturated heterocycles. The number of aromatic amines is 1. The molecule has 92 valence electrons. The van der Waals surface area contributed by atoms with Crippen molar-refractivity contribution >= 4 is 28.7 Å². The third-order valence-electron chi connectivity index (χ3n) is 2.65. The van der Waals surface area contributed by atoms with E-state index in [1.807, 2.05) is 0 Å². The van der Waals surface area contributed by atoms with E-state index in [0.29, 0.717) is 12.0 Å². The van der Waals surface area contributed by atoms with Crippen molar-refractivity contribution in [2.75, 3.05) is 17.3 Å². The number of imidazole rings is 1. The van der Waals surface area contributed by atoms with Crippen molar-refractivity contribution < 1.29 is 4.39 Å². The van der Waals surface area contributed by atoms with Gasteiger partial charge in [-0.3, -0.25) is 0 Å². The van der Waals surface area contributed by atoms with Gasteiger partial charge in [0, 0.05) is 11.8 Å². The molecule has 3 nitrogen and oxygen atoms in total. The molecular weight excluding hydrogens is 237 g/mol. The van der Waals surface area contributed by atoms with Crippen LogP contribution in [0.15, 0.2) is 18.2 Å². The van der Waals surface area contributed by atoms with Crippen LogP contribution >= 0.6 is 11.8 Å². The standard InChI is InChI=1S/C12H16FN3S/c1-3-9(7-17-2)14-12-15-10-5-4-8(13)6-11(10)16-12/h4-6,9H,3,7H2,1-2H3,(H2,14,15,16). The van der Waals surface area contributed by atoms with Crippen LogP contribution in [-0.2, 0) is 0 Å². The minimum atomic E-state index is -0.246. The van der Waals surface area contributed by atoms with E-state index in [2.05, 4.69) is 28.5 Å². The molecule has 0 aliphatic rings. The van der Waals surface area contributed by atoms with Gasteiger partial charge in [-0.05, 0) is 30.9 Å². The summed E-state index contributed by atoms with van der Waals surface area (Å²) >= 11 is 1.80. The summed E-state index contributed by atoms with van der Waals surface area (Å²) in [5, 5.41) is 3.33. The highest BCUT2D eigenvalue weighted by Crippen LogP contribution is 2.17. The van der Waals surface area contributed by atoms with Gasteiger partial charge in [0.05, 0.1) is 11.0 Å². The molecule has 1 heterocycles. The molecule has 0 bridgehead atoms. The predicted octanol–water partition coefficient (Wildman–Crippen LogP) is 3.26. The highest BCUT2D eigenvalue weighted by molar-refractivity contribution is 7.98. The third kappa shape index (κ3) is 2.91. The molecule has 0 saturated carbocycles. The van der Waals surface area contributed by atoms with Crippen LogP contribution < -0.4 is 5.32 Å². The minimum Gasteiger partial charge on any atom is -0.352 e. The van der Waals surface area contributed by atoms with Crippen molar-refractivity contribution in [1.29, 1.82) is 0 Å². The molecule has 2 aromatic rings. The first-order valence-electron chi connectivity index (χ1n) is 5.63. The number of hydrogen-bond donors (Lipinski definition) is 2. The number of fused-ring (bicyclic) bond motifs is 1. The number of anilines is 1. The molecule has 0 radical (unpaired) electrons. The fraction of sp³-hybridized carbons (Fsp3) is 0.417. The van der Waals surface area contributed by atoms with E-state index in [1.54, 1.807) is 17.8 Å². The average molecular weight is 253 g/mol. The summed E-state index contributed by atoms with van der Waals surface area (Å²) in [6.45, 7) is 2.14. The maximum absolute atomic E-state index is 13.0. The number of benzene rings is 1. The predicted molar refractivity (Wildman–Crippen MR) is 72.1 cm³/mol. The smallest absolute Gasteiger partial charge is 0.201 e. The number of H-pyrrole nitrogens is 1. The van der Waals surface area contributed by atoms with Gasteiger partial charge in [0.2, 0.25) is 5.95 Å². The van der Waals surface area contributed by atoms with Gasteiger partial charge >= 0.3 is 0 Å². The van der Waals surface area contributed by atoms with Gasteiger partial charge in [0.1, 0.15) is 5.82 Å². The molecule has 1 aromatic heterocycles. The van der Waals surface area contributed by atoms with Crippen molar-refractivity contribution in [1.82, 2.24) is 9.97 Å². The van der Waals surface area contributed by atoms with Crippen LogP contribution in [0.1, 0.15) is 13.3 Å². The fourth-order valence-electron chi connectivity index (χ4n) is 1.71. The summed E-state index contributed by atoms with van der Waals surface area (Å²) in [6.07, 6.45) is 3.12.